The quantitative estimate of drug-likeness (QED) is 0.704. The van der Waals surface area contributed by atoms with Crippen molar-refractivity contribution >= 4 is 5.97 Å². The molecule has 16 heavy (non-hydrogen) atoms. The van der Waals surface area contributed by atoms with E-state index in [0.717, 1.165) is 25.7 Å². The number of rotatable bonds is 6. The van der Waals surface area contributed by atoms with E-state index >= 15 is 0 Å². The van der Waals surface area contributed by atoms with E-state index < -0.39 is 0 Å². The zero-order valence-corrected chi connectivity index (χ0v) is 12.6. The normalized spacial score (nSPS) is 15.9. The summed E-state index contributed by atoms with van der Waals surface area (Å²) in [5.74, 6) is 0.0273. The van der Waals surface area contributed by atoms with Crippen molar-refractivity contribution in [2.75, 3.05) is 0 Å². The van der Waals surface area contributed by atoms with Gasteiger partial charge in [0, 0.05) is 26.2 Å². The monoisotopic (exact) mass is 298 g/mol. The topological polar surface area (TPSA) is 26.3 Å². The predicted molar refractivity (Wildman–Crippen MR) is 61.5 cm³/mol. The molecule has 1 unspecified atom stereocenters. The van der Waals surface area contributed by atoms with E-state index in [-0.39, 0.29) is 44.2 Å². The standard InChI is InChI=1S/C13H20O2.Zr/c1-3-5-8-11(4-2)13(14)15-12-9-6-7-10-12;/h6-7,9-12H,3-5,8H2,1-2H3;. The summed E-state index contributed by atoms with van der Waals surface area (Å²) in [5.41, 5.74) is 0. The van der Waals surface area contributed by atoms with E-state index in [9.17, 15) is 4.79 Å². The number of unbranched alkanes of at least 4 members (excludes halogenated alkanes) is 1. The number of hydrogen-bond acceptors (Lipinski definition) is 2. The SMILES string of the molecule is CCCCC(CC)C(=O)OC1C=CC=C1.[Zr]. The third kappa shape index (κ3) is 5.25. The molecule has 0 aromatic heterocycles. The Morgan fingerprint density at radius 2 is 1.94 bits per heavy atom. The molecule has 0 heterocycles. The maximum atomic E-state index is 11.7. The first-order valence-electron chi connectivity index (χ1n) is 5.83. The molecule has 0 radical (unpaired) electrons. The molecule has 2 nitrogen and oxygen atoms in total. The first-order chi connectivity index (χ1) is 7.27. The summed E-state index contributed by atoms with van der Waals surface area (Å²) in [4.78, 5) is 11.7. The van der Waals surface area contributed by atoms with E-state index in [2.05, 4.69) is 6.92 Å². The Hall–Kier alpha value is -0.167. The van der Waals surface area contributed by atoms with Gasteiger partial charge in [-0.25, -0.2) is 0 Å². The second-order valence-corrected chi connectivity index (χ2v) is 3.92. The third-order valence-electron chi connectivity index (χ3n) is 2.70. The molecule has 0 N–H and O–H groups in total. The molecule has 1 rings (SSSR count). The minimum absolute atomic E-state index is 0. The molecule has 0 aromatic rings. The first kappa shape index (κ1) is 15.8. The van der Waals surface area contributed by atoms with Crippen molar-refractivity contribution in [2.24, 2.45) is 5.92 Å². The van der Waals surface area contributed by atoms with Crippen molar-refractivity contribution in [3.05, 3.63) is 24.3 Å². The van der Waals surface area contributed by atoms with Crippen LogP contribution >= 0.6 is 0 Å². The van der Waals surface area contributed by atoms with Gasteiger partial charge in [0.25, 0.3) is 0 Å². The fraction of sp³-hybridized carbons (Fsp3) is 0.615. The van der Waals surface area contributed by atoms with Crippen molar-refractivity contribution in [3.8, 4) is 0 Å². The van der Waals surface area contributed by atoms with Crippen molar-refractivity contribution in [2.45, 2.75) is 45.6 Å². The van der Waals surface area contributed by atoms with Crippen LogP contribution in [-0.4, -0.2) is 12.1 Å². The van der Waals surface area contributed by atoms with Gasteiger partial charge in [0.05, 0.1) is 5.92 Å². The Balaban J connectivity index is 0.00000225. The third-order valence-corrected chi connectivity index (χ3v) is 2.70. The summed E-state index contributed by atoms with van der Waals surface area (Å²) in [6.07, 6.45) is 11.5. The zero-order valence-electron chi connectivity index (χ0n) is 10.1. The summed E-state index contributed by atoms with van der Waals surface area (Å²) in [6.45, 7) is 4.18. The van der Waals surface area contributed by atoms with E-state index in [0.29, 0.717) is 0 Å². The van der Waals surface area contributed by atoms with Crippen LogP contribution in [0.4, 0.5) is 0 Å². The minimum Gasteiger partial charge on any atom is -0.454 e. The van der Waals surface area contributed by atoms with E-state index in [1.54, 1.807) is 0 Å². The van der Waals surface area contributed by atoms with Crippen LogP contribution in [0.25, 0.3) is 0 Å². The maximum absolute atomic E-state index is 11.7. The number of esters is 1. The summed E-state index contributed by atoms with van der Waals surface area (Å²) in [7, 11) is 0. The molecular weight excluding hydrogens is 279 g/mol. The second kappa shape index (κ2) is 8.93. The van der Waals surface area contributed by atoms with E-state index in [1.165, 1.54) is 0 Å². The summed E-state index contributed by atoms with van der Waals surface area (Å²) in [5, 5.41) is 0. The Morgan fingerprint density at radius 3 is 2.44 bits per heavy atom. The summed E-state index contributed by atoms with van der Waals surface area (Å²) < 4.78 is 5.35. The predicted octanol–water partition coefficient (Wildman–Crippen LogP) is 3.24. The summed E-state index contributed by atoms with van der Waals surface area (Å²) in [6, 6.07) is 0. The molecule has 0 bridgehead atoms. The molecule has 0 saturated heterocycles. The van der Waals surface area contributed by atoms with Crippen LogP contribution in [0.15, 0.2) is 24.3 Å². The average molecular weight is 300 g/mol. The Kier molecular flexibility index (Phi) is 8.83. The number of hydrogen-bond donors (Lipinski definition) is 0. The molecule has 88 valence electrons. The van der Waals surface area contributed by atoms with Crippen molar-refractivity contribution in [1.82, 2.24) is 0 Å². The Bertz CT molecular complexity index is 247. The fourth-order valence-corrected chi connectivity index (χ4v) is 1.66. The molecule has 1 aliphatic rings. The van der Waals surface area contributed by atoms with Crippen LogP contribution in [0, 0.1) is 5.92 Å². The second-order valence-electron chi connectivity index (χ2n) is 3.92. The van der Waals surface area contributed by atoms with Gasteiger partial charge >= 0.3 is 5.97 Å². The zero-order chi connectivity index (χ0) is 11.1. The molecule has 0 amide bonds. The Labute approximate surface area is 117 Å². The van der Waals surface area contributed by atoms with Gasteiger partial charge in [0.2, 0.25) is 0 Å². The minimum atomic E-state index is -0.131. The fourth-order valence-electron chi connectivity index (χ4n) is 1.66. The van der Waals surface area contributed by atoms with Crippen molar-refractivity contribution in [3.63, 3.8) is 0 Å². The molecule has 1 atom stereocenters. The molecule has 1 aliphatic carbocycles. The van der Waals surface area contributed by atoms with Gasteiger partial charge in [0.1, 0.15) is 6.10 Å². The maximum Gasteiger partial charge on any atom is 0.309 e. The number of carbonyl (C=O) groups excluding carboxylic acids is 1. The van der Waals surface area contributed by atoms with Crippen LogP contribution in [0.5, 0.6) is 0 Å². The number of ether oxygens (including phenoxy) is 1. The van der Waals surface area contributed by atoms with Crippen LogP contribution in [0.2, 0.25) is 0 Å². The largest absolute Gasteiger partial charge is 0.454 e. The van der Waals surface area contributed by atoms with Gasteiger partial charge < -0.3 is 4.74 Å². The molecular formula is C13H20O2Zr. The molecule has 0 aromatic carbocycles. The Morgan fingerprint density at radius 1 is 1.31 bits per heavy atom. The van der Waals surface area contributed by atoms with Crippen molar-refractivity contribution in [1.29, 1.82) is 0 Å². The first-order valence-corrected chi connectivity index (χ1v) is 5.83. The molecule has 3 heteroatoms. The van der Waals surface area contributed by atoms with Gasteiger partial charge in [-0.15, -0.1) is 0 Å². The number of allylic oxidation sites excluding steroid dienone is 2. The van der Waals surface area contributed by atoms with Crippen LogP contribution in [0.3, 0.4) is 0 Å². The van der Waals surface area contributed by atoms with Gasteiger partial charge in [-0.05, 0) is 25.0 Å². The van der Waals surface area contributed by atoms with Gasteiger partial charge in [-0.2, -0.15) is 0 Å². The number of carbonyl (C=O) groups is 1. The van der Waals surface area contributed by atoms with Crippen LogP contribution in [-0.2, 0) is 35.7 Å². The van der Waals surface area contributed by atoms with E-state index in [1.807, 2.05) is 31.2 Å². The summed E-state index contributed by atoms with van der Waals surface area (Å²) >= 11 is 0. The van der Waals surface area contributed by atoms with Crippen LogP contribution in [0.1, 0.15) is 39.5 Å². The molecule has 0 spiro atoms. The van der Waals surface area contributed by atoms with Crippen LogP contribution < -0.4 is 0 Å². The van der Waals surface area contributed by atoms with Crippen molar-refractivity contribution < 1.29 is 35.7 Å². The molecule has 0 aliphatic heterocycles. The smallest absolute Gasteiger partial charge is 0.309 e. The van der Waals surface area contributed by atoms with Gasteiger partial charge in [-0.3, -0.25) is 4.79 Å². The molecule has 0 saturated carbocycles. The average Bonchev–Trinajstić information content (AvgIpc) is 2.71. The van der Waals surface area contributed by atoms with Gasteiger partial charge in [0.15, 0.2) is 0 Å². The van der Waals surface area contributed by atoms with E-state index in [4.69, 9.17) is 4.74 Å². The van der Waals surface area contributed by atoms with Gasteiger partial charge in [-0.1, -0.05) is 38.8 Å². The molecule has 0 fully saturated rings.